The lowest BCUT2D eigenvalue weighted by atomic mass is 10.1. The molecule has 2 aromatic rings. The molecule has 2 aromatic carbocycles. The van der Waals surface area contributed by atoms with Crippen LogP contribution in [0.25, 0.3) is 6.08 Å². The summed E-state index contributed by atoms with van der Waals surface area (Å²) in [6, 6.07) is 16.1. The Hall–Kier alpha value is -3.59. The van der Waals surface area contributed by atoms with Gasteiger partial charge in [-0.1, -0.05) is 24.3 Å². The highest BCUT2D eigenvalue weighted by molar-refractivity contribution is 6.01. The summed E-state index contributed by atoms with van der Waals surface area (Å²) in [6.07, 6.45) is 3.42. The van der Waals surface area contributed by atoms with Crippen molar-refractivity contribution in [3.05, 3.63) is 65.7 Å². The van der Waals surface area contributed by atoms with Gasteiger partial charge >= 0.3 is 0 Å². The normalized spacial score (nSPS) is 10.2. The Morgan fingerprint density at radius 3 is 2.42 bits per heavy atom. The van der Waals surface area contributed by atoms with Crippen LogP contribution in [0.3, 0.4) is 0 Å². The number of nitrogens with zero attached hydrogens (tertiary/aromatic N) is 1. The van der Waals surface area contributed by atoms with Crippen molar-refractivity contribution in [1.29, 1.82) is 5.26 Å². The number of nitriles is 1. The summed E-state index contributed by atoms with van der Waals surface area (Å²) in [6.45, 7) is -0.000497. The molecule has 132 valence electrons. The Balaban J connectivity index is 1.88. The van der Waals surface area contributed by atoms with Crippen molar-refractivity contribution >= 4 is 23.6 Å². The molecule has 0 heterocycles. The van der Waals surface area contributed by atoms with Gasteiger partial charge in [-0.3, -0.25) is 9.59 Å². The van der Waals surface area contributed by atoms with Gasteiger partial charge in [0.15, 0.2) is 6.61 Å². The standard InChI is InChI=1S/C20H19N3O3/c1-22-20(25)14-16-2-7-17(8-3-16)23-19(24)11-6-15-4-9-18(10-5-15)26-13-12-21/h2-11H,13-14H2,1H3,(H,22,25)(H,23,24). The maximum Gasteiger partial charge on any atom is 0.248 e. The van der Waals surface area contributed by atoms with Gasteiger partial charge in [-0.15, -0.1) is 0 Å². The zero-order valence-electron chi connectivity index (χ0n) is 14.4. The van der Waals surface area contributed by atoms with E-state index in [0.717, 1.165) is 11.1 Å². The molecule has 6 nitrogen and oxygen atoms in total. The lowest BCUT2D eigenvalue weighted by molar-refractivity contribution is -0.120. The van der Waals surface area contributed by atoms with E-state index in [0.29, 0.717) is 17.9 Å². The summed E-state index contributed by atoms with van der Waals surface area (Å²) < 4.78 is 5.17. The van der Waals surface area contributed by atoms with Crippen molar-refractivity contribution in [3.8, 4) is 11.8 Å². The van der Waals surface area contributed by atoms with Gasteiger partial charge in [0.1, 0.15) is 11.8 Å². The maximum absolute atomic E-state index is 12.0. The second kappa shape index (κ2) is 9.64. The first-order valence-electron chi connectivity index (χ1n) is 7.99. The van der Waals surface area contributed by atoms with Gasteiger partial charge in [0.05, 0.1) is 6.42 Å². The molecule has 0 saturated carbocycles. The lowest BCUT2D eigenvalue weighted by Gasteiger charge is -2.05. The fourth-order valence-electron chi connectivity index (χ4n) is 2.13. The second-order valence-corrected chi connectivity index (χ2v) is 5.39. The van der Waals surface area contributed by atoms with E-state index in [9.17, 15) is 9.59 Å². The Bertz CT molecular complexity index is 819. The van der Waals surface area contributed by atoms with Gasteiger partial charge in [-0.2, -0.15) is 5.26 Å². The molecule has 0 bridgehead atoms. The third-order valence-corrected chi connectivity index (χ3v) is 3.48. The molecule has 2 N–H and O–H groups in total. The van der Waals surface area contributed by atoms with Gasteiger partial charge in [0.25, 0.3) is 0 Å². The molecule has 0 aliphatic heterocycles. The number of hydrogen-bond acceptors (Lipinski definition) is 4. The van der Waals surface area contributed by atoms with E-state index in [-0.39, 0.29) is 18.4 Å². The molecule has 2 rings (SSSR count). The summed E-state index contributed by atoms with van der Waals surface area (Å²) >= 11 is 0. The average Bonchev–Trinajstić information content (AvgIpc) is 2.67. The van der Waals surface area contributed by atoms with Crippen LogP contribution in [0.15, 0.2) is 54.6 Å². The number of nitrogens with one attached hydrogen (secondary N) is 2. The van der Waals surface area contributed by atoms with E-state index < -0.39 is 0 Å². The monoisotopic (exact) mass is 349 g/mol. The summed E-state index contributed by atoms with van der Waals surface area (Å²) in [5.41, 5.74) is 2.36. The van der Waals surface area contributed by atoms with Crippen molar-refractivity contribution in [2.24, 2.45) is 0 Å². The molecule has 0 aliphatic carbocycles. The van der Waals surface area contributed by atoms with Crippen molar-refractivity contribution in [2.45, 2.75) is 6.42 Å². The Morgan fingerprint density at radius 1 is 1.12 bits per heavy atom. The Labute approximate surface area is 152 Å². The number of carbonyl (C=O) groups excluding carboxylic acids is 2. The maximum atomic E-state index is 12.0. The molecule has 0 fully saturated rings. The number of anilines is 1. The first kappa shape index (κ1) is 18.7. The summed E-state index contributed by atoms with van der Waals surface area (Å²) in [5, 5.41) is 13.8. The van der Waals surface area contributed by atoms with Crippen molar-refractivity contribution < 1.29 is 14.3 Å². The fourth-order valence-corrected chi connectivity index (χ4v) is 2.13. The third-order valence-electron chi connectivity index (χ3n) is 3.48. The predicted molar refractivity (Wildman–Crippen MR) is 99.4 cm³/mol. The fraction of sp³-hybridized carbons (Fsp3) is 0.150. The predicted octanol–water partition coefficient (Wildman–Crippen LogP) is 2.53. The highest BCUT2D eigenvalue weighted by Gasteiger charge is 2.02. The quantitative estimate of drug-likeness (QED) is 0.752. The van der Waals surface area contributed by atoms with Crippen LogP contribution in [0.2, 0.25) is 0 Å². The number of hydrogen-bond donors (Lipinski definition) is 2. The van der Waals surface area contributed by atoms with E-state index in [4.69, 9.17) is 10.00 Å². The molecule has 26 heavy (non-hydrogen) atoms. The van der Waals surface area contributed by atoms with E-state index in [1.165, 1.54) is 6.08 Å². The van der Waals surface area contributed by atoms with Gasteiger partial charge in [-0.05, 0) is 41.5 Å². The second-order valence-electron chi connectivity index (χ2n) is 5.39. The highest BCUT2D eigenvalue weighted by Crippen LogP contribution is 2.14. The van der Waals surface area contributed by atoms with Crippen LogP contribution in [-0.2, 0) is 16.0 Å². The average molecular weight is 349 g/mol. The van der Waals surface area contributed by atoms with Gasteiger partial charge in [0.2, 0.25) is 11.8 Å². The van der Waals surface area contributed by atoms with Crippen LogP contribution in [0.5, 0.6) is 5.75 Å². The van der Waals surface area contributed by atoms with E-state index >= 15 is 0 Å². The lowest BCUT2D eigenvalue weighted by Crippen LogP contribution is -2.19. The zero-order chi connectivity index (χ0) is 18.8. The molecule has 0 unspecified atom stereocenters. The van der Waals surface area contributed by atoms with Crippen LogP contribution in [0, 0.1) is 11.3 Å². The van der Waals surface area contributed by atoms with Crippen molar-refractivity contribution in [1.82, 2.24) is 5.32 Å². The SMILES string of the molecule is CNC(=O)Cc1ccc(NC(=O)C=Cc2ccc(OCC#N)cc2)cc1. The minimum atomic E-state index is -0.256. The van der Waals surface area contributed by atoms with Crippen LogP contribution < -0.4 is 15.4 Å². The largest absolute Gasteiger partial charge is 0.479 e. The molecular weight excluding hydrogens is 330 g/mol. The topological polar surface area (TPSA) is 91.2 Å². The van der Waals surface area contributed by atoms with E-state index in [1.54, 1.807) is 61.7 Å². The van der Waals surface area contributed by atoms with Gasteiger partial charge < -0.3 is 15.4 Å². The summed E-state index contributed by atoms with van der Waals surface area (Å²) in [4.78, 5) is 23.3. The number of benzene rings is 2. The van der Waals surface area contributed by atoms with Crippen LogP contribution in [0.4, 0.5) is 5.69 Å². The molecule has 0 aliphatic rings. The highest BCUT2D eigenvalue weighted by atomic mass is 16.5. The van der Waals surface area contributed by atoms with Gasteiger partial charge in [0, 0.05) is 18.8 Å². The summed E-state index contributed by atoms with van der Waals surface area (Å²) in [7, 11) is 1.59. The summed E-state index contributed by atoms with van der Waals surface area (Å²) in [5.74, 6) is 0.285. The van der Waals surface area contributed by atoms with Crippen LogP contribution in [0.1, 0.15) is 11.1 Å². The minimum absolute atomic E-state index is 0.000497. The molecule has 0 saturated heterocycles. The number of likely N-dealkylation sites (N-methyl/N-ethyl adjacent to an activating group) is 1. The molecule has 6 heteroatoms. The van der Waals surface area contributed by atoms with Crippen LogP contribution in [-0.4, -0.2) is 25.5 Å². The molecular formula is C20H19N3O3. The Kier molecular flexibility index (Phi) is 6.95. The van der Waals surface area contributed by atoms with E-state index in [2.05, 4.69) is 10.6 Å². The van der Waals surface area contributed by atoms with E-state index in [1.807, 2.05) is 6.07 Å². The smallest absolute Gasteiger partial charge is 0.248 e. The molecule has 0 aromatic heterocycles. The first-order chi connectivity index (χ1) is 12.6. The number of amides is 2. The molecule has 2 amide bonds. The van der Waals surface area contributed by atoms with Crippen molar-refractivity contribution in [2.75, 3.05) is 19.0 Å². The zero-order valence-corrected chi connectivity index (χ0v) is 14.4. The number of carbonyl (C=O) groups is 2. The molecule has 0 radical (unpaired) electrons. The molecule has 0 atom stereocenters. The third kappa shape index (κ3) is 6.13. The Morgan fingerprint density at radius 2 is 1.81 bits per heavy atom. The van der Waals surface area contributed by atoms with Crippen molar-refractivity contribution in [3.63, 3.8) is 0 Å². The number of ether oxygens (including phenoxy) is 1. The minimum Gasteiger partial charge on any atom is -0.479 e. The molecule has 0 spiro atoms. The number of rotatable bonds is 7. The first-order valence-corrected chi connectivity index (χ1v) is 7.99. The van der Waals surface area contributed by atoms with Crippen LogP contribution >= 0.6 is 0 Å². The van der Waals surface area contributed by atoms with Gasteiger partial charge in [-0.25, -0.2) is 0 Å².